The molecule has 2 atom stereocenters. The van der Waals surface area contributed by atoms with Crippen LogP contribution in [0.4, 0.5) is 0 Å². The van der Waals surface area contributed by atoms with E-state index in [9.17, 15) is 0 Å². The average molecular weight is 296 g/mol. The van der Waals surface area contributed by atoms with Crippen LogP contribution in [-0.2, 0) is 0 Å². The molecule has 0 saturated carbocycles. The molecule has 21 heavy (non-hydrogen) atoms. The molecular formula is C18H37N3. The lowest BCUT2D eigenvalue weighted by Crippen LogP contribution is -2.43. The maximum atomic E-state index is 5.96. The van der Waals surface area contributed by atoms with Crippen molar-refractivity contribution >= 4 is 6.21 Å². The van der Waals surface area contributed by atoms with Gasteiger partial charge in [-0.15, -0.1) is 0 Å². The van der Waals surface area contributed by atoms with E-state index in [1.54, 1.807) is 0 Å². The van der Waals surface area contributed by atoms with E-state index >= 15 is 0 Å². The number of nitrogens with zero attached hydrogens (tertiary/aromatic N) is 2. The first-order chi connectivity index (χ1) is 10.3. The molecule has 0 spiro atoms. The fraction of sp³-hybridized carbons (Fsp3) is 0.944. The van der Waals surface area contributed by atoms with Crippen molar-refractivity contribution in [2.45, 2.75) is 103 Å². The van der Waals surface area contributed by atoms with Crippen molar-refractivity contribution in [2.24, 2.45) is 10.7 Å². The number of aliphatic imine (C=N–C) groups is 1. The molecule has 2 N–H and O–H groups in total. The minimum absolute atomic E-state index is 0.130. The monoisotopic (exact) mass is 295 g/mol. The third-order valence-corrected chi connectivity index (χ3v) is 4.54. The van der Waals surface area contributed by atoms with Crippen LogP contribution in [0.2, 0.25) is 0 Å². The highest BCUT2D eigenvalue weighted by molar-refractivity contribution is 5.62. The molecule has 3 heteroatoms. The summed E-state index contributed by atoms with van der Waals surface area (Å²) in [5.74, 6) is 0. The fourth-order valence-corrected chi connectivity index (χ4v) is 3.14. The second-order valence-corrected chi connectivity index (χ2v) is 6.57. The van der Waals surface area contributed by atoms with Crippen LogP contribution in [0.15, 0.2) is 4.99 Å². The number of hydrogen-bond acceptors (Lipinski definition) is 3. The molecule has 0 radical (unpaired) electrons. The van der Waals surface area contributed by atoms with E-state index < -0.39 is 0 Å². The molecule has 1 aliphatic heterocycles. The van der Waals surface area contributed by atoms with Crippen LogP contribution >= 0.6 is 0 Å². The first kappa shape index (κ1) is 18.6. The van der Waals surface area contributed by atoms with Crippen molar-refractivity contribution < 1.29 is 0 Å². The van der Waals surface area contributed by atoms with Gasteiger partial charge in [0.2, 0.25) is 0 Å². The van der Waals surface area contributed by atoms with E-state index in [1.807, 2.05) is 6.21 Å². The molecule has 0 amide bonds. The van der Waals surface area contributed by atoms with Gasteiger partial charge in [0.1, 0.15) is 6.17 Å². The Bertz CT molecular complexity index is 263. The van der Waals surface area contributed by atoms with E-state index in [-0.39, 0.29) is 6.17 Å². The Morgan fingerprint density at radius 3 is 2.05 bits per heavy atom. The second kappa shape index (κ2) is 12.2. The van der Waals surface area contributed by atoms with Gasteiger partial charge >= 0.3 is 0 Å². The Hall–Kier alpha value is -0.410. The summed E-state index contributed by atoms with van der Waals surface area (Å²) in [7, 11) is 0. The Morgan fingerprint density at radius 1 is 1.00 bits per heavy atom. The lowest BCUT2D eigenvalue weighted by Gasteiger charge is -2.26. The van der Waals surface area contributed by atoms with Crippen LogP contribution in [-0.4, -0.2) is 30.0 Å². The number of hydrogen-bond donors (Lipinski definition) is 1. The quantitative estimate of drug-likeness (QED) is 0.500. The highest BCUT2D eigenvalue weighted by atomic mass is 15.3. The summed E-state index contributed by atoms with van der Waals surface area (Å²) < 4.78 is 0. The number of unbranched alkanes of at least 4 members (excludes halogenated alkanes) is 10. The van der Waals surface area contributed by atoms with Gasteiger partial charge in [-0.05, 0) is 19.8 Å². The van der Waals surface area contributed by atoms with Gasteiger partial charge < -0.3 is 5.73 Å². The summed E-state index contributed by atoms with van der Waals surface area (Å²) in [4.78, 5) is 6.83. The molecule has 0 aromatic carbocycles. The molecule has 1 heterocycles. The van der Waals surface area contributed by atoms with E-state index in [2.05, 4.69) is 23.7 Å². The van der Waals surface area contributed by atoms with Gasteiger partial charge in [0, 0.05) is 12.8 Å². The van der Waals surface area contributed by atoms with Crippen molar-refractivity contribution in [3.05, 3.63) is 0 Å². The maximum absolute atomic E-state index is 5.96. The van der Waals surface area contributed by atoms with Crippen LogP contribution in [0.5, 0.6) is 0 Å². The molecule has 0 saturated heterocycles. The molecule has 0 bridgehead atoms. The zero-order valence-electron chi connectivity index (χ0n) is 14.4. The molecule has 0 aromatic rings. The zero-order chi connectivity index (χ0) is 15.3. The van der Waals surface area contributed by atoms with Gasteiger partial charge in [-0.1, -0.05) is 71.1 Å². The van der Waals surface area contributed by atoms with Gasteiger partial charge in [0.15, 0.2) is 0 Å². The van der Waals surface area contributed by atoms with Gasteiger partial charge in [0.05, 0.1) is 6.17 Å². The van der Waals surface area contributed by atoms with E-state index in [1.165, 1.54) is 77.0 Å². The molecule has 2 unspecified atom stereocenters. The minimum atomic E-state index is 0.130. The van der Waals surface area contributed by atoms with Gasteiger partial charge in [-0.2, -0.15) is 0 Å². The fourth-order valence-electron chi connectivity index (χ4n) is 3.14. The maximum Gasteiger partial charge on any atom is 0.103 e. The Balaban J connectivity index is 1.85. The highest BCUT2D eigenvalue weighted by Gasteiger charge is 2.22. The van der Waals surface area contributed by atoms with Crippen molar-refractivity contribution in [1.82, 2.24) is 4.90 Å². The van der Waals surface area contributed by atoms with Crippen LogP contribution < -0.4 is 5.73 Å². The zero-order valence-corrected chi connectivity index (χ0v) is 14.4. The Morgan fingerprint density at radius 2 is 1.52 bits per heavy atom. The average Bonchev–Trinajstić information content (AvgIpc) is 2.93. The molecule has 0 aromatic heterocycles. The lowest BCUT2D eigenvalue weighted by molar-refractivity contribution is 0.182. The second-order valence-electron chi connectivity index (χ2n) is 6.57. The summed E-state index contributed by atoms with van der Waals surface area (Å²) in [6, 6.07) is 0. The molecule has 1 rings (SSSR count). The summed E-state index contributed by atoms with van der Waals surface area (Å²) in [5, 5.41) is 0. The summed E-state index contributed by atoms with van der Waals surface area (Å²) in [6.45, 7) is 5.27. The summed E-state index contributed by atoms with van der Waals surface area (Å²) in [5.41, 5.74) is 5.96. The molecule has 0 aliphatic carbocycles. The summed E-state index contributed by atoms with van der Waals surface area (Å²) >= 11 is 0. The number of nitrogens with two attached hydrogens (primary N) is 1. The van der Waals surface area contributed by atoms with Crippen LogP contribution in [0.3, 0.4) is 0 Å². The Kier molecular flexibility index (Phi) is 10.8. The molecular weight excluding hydrogens is 258 g/mol. The Labute approximate surface area is 132 Å². The topological polar surface area (TPSA) is 41.6 Å². The highest BCUT2D eigenvalue weighted by Crippen LogP contribution is 2.17. The third-order valence-electron chi connectivity index (χ3n) is 4.54. The van der Waals surface area contributed by atoms with Crippen LogP contribution in [0.25, 0.3) is 0 Å². The van der Waals surface area contributed by atoms with E-state index in [0.717, 1.165) is 6.54 Å². The van der Waals surface area contributed by atoms with Crippen molar-refractivity contribution in [1.29, 1.82) is 0 Å². The third kappa shape index (κ3) is 8.57. The van der Waals surface area contributed by atoms with Crippen LogP contribution in [0, 0.1) is 0 Å². The van der Waals surface area contributed by atoms with Gasteiger partial charge in [-0.25, -0.2) is 0 Å². The van der Waals surface area contributed by atoms with Crippen molar-refractivity contribution in [3.8, 4) is 0 Å². The molecule has 0 fully saturated rings. The van der Waals surface area contributed by atoms with E-state index in [4.69, 9.17) is 5.73 Å². The minimum Gasteiger partial charge on any atom is -0.316 e. The number of rotatable bonds is 13. The van der Waals surface area contributed by atoms with Crippen molar-refractivity contribution in [2.75, 3.05) is 6.54 Å². The van der Waals surface area contributed by atoms with Gasteiger partial charge in [-0.3, -0.25) is 9.89 Å². The summed E-state index contributed by atoms with van der Waals surface area (Å²) in [6.07, 6.45) is 19.1. The largest absolute Gasteiger partial charge is 0.316 e. The lowest BCUT2D eigenvalue weighted by atomic mass is 10.0. The first-order valence-electron chi connectivity index (χ1n) is 9.28. The predicted molar refractivity (Wildman–Crippen MR) is 93.7 cm³/mol. The normalized spacial score (nSPS) is 20.2. The van der Waals surface area contributed by atoms with Crippen molar-refractivity contribution in [3.63, 3.8) is 0 Å². The van der Waals surface area contributed by atoms with Crippen LogP contribution in [0.1, 0.15) is 90.9 Å². The SMILES string of the molecule is CCCCCCCCCCCCCC1N=CCN1C(C)N. The van der Waals surface area contributed by atoms with Gasteiger partial charge in [0.25, 0.3) is 0 Å². The molecule has 1 aliphatic rings. The van der Waals surface area contributed by atoms with E-state index in [0.29, 0.717) is 6.17 Å². The predicted octanol–water partition coefficient (Wildman–Crippen LogP) is 4.70. The molecule has 3 nitrogen and oxygen atoms in total. The first-order valence-corrected chi connectivity index (χ1v) is 9.28. The standard InChI is InChI=1S/C18H37N3/c1-3-4-5-6-7-8-9-10-11-12-13-14-18-20-15-16-21(18)17(2)19/h15,17-18H,3-14,16,19H2,1-2H3. The molecule has 124 valence electrons. The smallest absolute Gasteiger partial charge is 0.103 e.